The van der Waals surface area contributed by atoms with Crippen LogP contribution >= 0.6 is 11.6 Å². The van der Waals surface area contributed by atoms with Crippen LogP contribution in [0.3, 0.4) is 0 Å². The number of carbonyl (C=O) groups is 1. The molecule has 0 amide bonds. The second-order valence-electron chi connectivity index (χ2n) is 2.34. The zero-order valence-electron chi connectivity index (χ0n) is 7.08. The van der Waals surface area contributed by atoms with Gasteiger partial charge in [-0.1, -0.05) is 0 Å². The third kappa shape index (κ3) is 3.35. The smallest absolute Gasteiger partial charge is 0.402 e. The van der Waals surface area contributed by atoms with Gasteiger partial charge in [-0.25, -0.2) is 9.97 Å². The molecule has 0 aromatic carbocycles. The predicted octanol–water partition coefficient (Wildman–Crippen LogP) is 1.80. The minimum Gasteiger partial charge on any atom is -0.402 e. The maximum atomic E-state index is 11.9. The van der Waals surface area contributed by atoms with Crippen LogP contribution in [-0.4, -0.2) is 28.0 Å². The summed E-state index contributed by atoms with van der Waals surface area (Å²) in [6.07, 6.45) is -3.21. The van der Waals surface area contributed by atoms with E-state index in [-0.39, 0.29) is 0 Å². The van der Waals surface area contributed by atoms with Gasteiger partial charge in [0.2, 0.25) is 0 Å². The summed E-state index contributed by atoms with van der Waals surface area (Å²) in [5, 5.41) is 0. The van der Waals surface area contributed by atoms with Gasteiger partial charge >= 0.3 is 6.36 Å². The standard InChI is InChI=1S/C7H4ClF3N2O2/c8-1-4(14)6-5(2-12-3-13-6)15-7(9,10)11/h2-3H,1H2. The molecular weight excluding hydrogens is 237 g/mol. The van der Waals surface area contributed by atoms with Gasteiger partial charge in [-0.2, -0.15) is 0 Å². The predicted molar refractivity (Wildman–Crippen MR) is 43.8 cm³/mol. The fourth-order valence-corrected chi connectivity index (χ4v) is 0.916. The maximum absolute atomic E-state index is 11.9. The average molecular weight is 241 g/mol. The van der Waals surface area contributed by atoms with E-state index in [0.717, 1.165) is 12.5 Å². The van der Waals surface area contributed by atoms with Crippen molar-refractivity contribution < 1.29 is 22.7 Å². The lowest BCUT2D eigenvalue weighted by molar-refractivity contribution is -0.274. The molecule has 0 fully saturated rings. The largest absolute Gasteiger partial charge is 0.573 e. The summed E-state index contributed by atoms with van der Waals surface area (Å²) in [5.74, 6) is -2.00. The Hall–Kier alpha value is -1.37. The van der Waals surface area contributed by atoms with E-state index in [2.05, 4.69) is 14.7 Å². The molecule has 0 unspecified atom stereocenters. The van der Waals surface area contributed by atoms with Crippen LogP contribution in [0, 0.1) is 0 Å². The van der Waals surface area contributed by atoms with Crippen LogP contribution in [0.5, 0.6) is 5.75 Å². The second kappa shape index (κ2) is 4.43. The first-order chi connectivity index (χ1) is 6.94. The number of alkyl halides is 4. The first-order valence-corrected chi connectivity index (χ1v) is 4.12. The van der Waals surface area contributed by atoms with E-state index in [4.69, 9.17) is 11.6 Å². The molecule has 4 nitrogen and oxygen atoms in total. The summed E-state index contributed by atoms with van der Waals surface area (Å²) >= 11 is 5.18. The topological polar surface area (TPSA) is 52.1 Å². The van der Waals surface area contributed by atoms with Crippen molar-refractivity contribution in [2.24, 2.45) is 0 Å². The summed E-state index contributed by atoms with van der Waals surface area (Å²) in [4.78, 5) is 17.7. The van der Waals surface area contributed by atoms with Gasteiger partial charge in [-0.05, 0) is 0 Å². The molecule has 0 spiro atoms. The van der Waals surface area contributed by atoms with Crippen molar-refractivity contribution in [2.75, 3.05) is 5.88 Å². The van der Waals surface area contributed by atoms with Crippen molar-refractivity contribution in [1.82, 2.24) is 9.97 Å². The molecule has 0 saturated heterocycles. The van der Waals surface area contributed by atoms with Crippen LogP contribution in [0.4, 0.5) is 13.2 Å². The molecule has 0 aliphatic heterocycles. The number of halogens is 4. The zero-order valence-corrected chi connectivity index (χ0v) is 7.84. The van der Waals surface area contributed by atoms with Gasteiger partial charge < -0.3 is 4.74 Å². The van der Waals surface area contributed by atoms with Crippen molar-refractivity contribution in [3.8, 4) is 5.75 Å². The van der Waals surface area contributed by atoms with Gasteiger partial charge in [0.15, 0.2) is 17.2 Å². The third-order valence-corrected chi connectivity index (χ3v) is 1.53. The van der Waals surface area contributed by atoms with Crippen LogP contribution in [-0.2, 0) is 0 Å². The normalized spacial score (nSPS) is 11.2. The Labute approximate surface area is 87.0 Å². The number of ether oxygens (including phenoxy) is 1. The number of hydrogen-bond donors (Lipinski definition) is 0. The van der Waals surface area contributed by atoms with Gasteiger partial charge in [0.25, 0.3) is 0 Å². The molecule has 0 bridgehead atoms. The Kier molecular flexibility index (Phi) is 3.46. The molecule has 0 atom stereocenters. The van der Waals surface area contributed by atoms with E-state index in [0.29, 0.717) is 0 Å². The van der Waals surface area contributed by atoms with E-state index >= 15 is 0 Å². The fraction of sp³-hybridized carbons (Fsp3) is 0.286. The van der Waals surface area contributed by atoms with E-state index in [1.165, 1.54) is 0 Å². The van der Waals surface area contributed by atoms with Crippen molar-refractivity contribution in [3.63, 3.8) is 0 Å². The SMILES string of the molecule is O=C(CCl)c1ncncc1OC(F)(F)F. The Morgan fingerprint density at radius 1 is 1.53 bits per heavy atom. The lowest BCUT2D eigenvalue weighted by Crippen LogP contribution is -2.20. The molecule has 1 heterocycles. The van der Waals surface area contributed by atoms with Crippen LogP contribution in [0.1, 0.15) is 10.5 Å². The van der Waals surface area contributed by atoms with E-state index in [1.54, 1.807) is 0 Å². The number of ketones is 1. The molecule has 1 rings (SSSR count). The van der Waals surface area contributed by atoms with Crippen molar-refractivity contribution >= 4 is 17.4 Å². The second-order valence-corrected chi connectivity index (χ2v) is 2.61. The van der Waals surface area contributed by atoms with E-state index in [9.17, 15) is 18.0 Å². The van der Waals surface area contributed by atoms with Crippen LogP contribution in [0.15, 0.2) is 12.5 Å². The van der Waals surface area contributed by atoms with Gasteiger partial charge in [0.05, 0.1) is 12.1 Å². The molecular formula is C7H4ClF3N2O2. The highest BCUT2D eigenvalue weighted by Crippen LogP contribution is 2.24. The minimum atomic E-state index is -4.90. The van der Waals surface area contributed by atoms with Gasteiger partial charge in [-0.15, -0.1) is 24.8 Å². The quantitative estimate of drug-likeness (QED) is 0.597. The van der Waals surface area contributed by atoms with Crippen LogP contribution in [0.25, 0.3) is 0 Å². The Balaban J connectivity index is 3.02. The molecule has 15 heavy (non-hydrogen) atoms. The summed E-state index contributed by atoms with van der Waals surface area (Å²) in [6, 6.07) is 0. The lowest BCUT2D eigenvalue weighted by Gasteiger charge is -2.10. The number of aromatic nitrogens is 2. The summed E-state index contributed by atoms with van der Waals surface area (Å²) < 4.78 is 39.2. The molecule has 1 aromatic heterocycles. The number of Topliss-reactive ketones (excluding diaryl/α,β-unsaturated/α-hetero) is 1. The molecule has 0 saturated carbocycles. The first kappa shape index (κ1) is 11.7. The third-order valence-electron chi connectivity index (χ3n) is 1.29. The molecule has 0 aliphatic rings. The molecule has 0 N–H and O–H groups in total. The summed E-state index contributed by atoms with van der Waals surface area (Å²) in [6.45, 7) is 0. The van der Waals surface area contributed by atoms with E-state index < -0.39 is 29.5 Å². The summed E-state index contributed by atoms with van der Waals surface area (Å²) in [5.41, 5.74) is -0.489. The van der Waals surface area contributed by atoms with Gasteiger partial charge in [-0.3, -0.25) is 4.79 Å². The van der Waals surface area contributed by atoms with Gasteiger partial charge in [0.1, 0.15) is 6.33 Å². The lowest BCUT2D eigenvalue weighted by atomic mass is 10.3. The molecule has 1 aromatic rings. The number of nitrogens with zero attached hydrogens (tertiary/aromatic N) is 2. The van der Waals surface area contributed by atoms with Gasteiger partial charge in [0, 0.05) is 0 Å². The zero-order chi connectivity index (χ0) is 11.5. The molecule has 82 valence electrons. The minimum absolute atomic E-state index is 0.481. The Bertz CT molecular complexity index is 369. The number of carbonyl (C=O) groups excluding carboxylic acids is 1. The number of rotatable bonds is 3. The first-order valence-electron chi connectivity index (χ1n) is 3.59. The van der Waals surface area contributed by atoms with Crippen molar-refractivity contribution in [3.05, 3.63) is 18.2 Å². The molecule has 0 radical (unpaired) electrons. The van der Waals surface area contributed by atoms with E-state index in [1.807, 2.05) is 0 Å². The van der Waals surface area contributed by atoms with Crippen LogP contribution < -0.4 is 4.74 Å². The van der Waals surface area contributed by atoms with Crippen molar-refractivity contribution in [2.45, 2.75) is 6.36 Å². The van der Waals surface area contributed by atoms with Crippen LogP contribution in [0.2, 0.25) is 0 Å². The summed E-state index contributed by atoms with van der Waals surface area (Å²) in [7, 11) is 0. The molecule has 0 aliphatic carbocycles. The highest BCUT2D eigenvalue weighted by molar-refractivity contribution is 6.30. The van der Waals surface area contributed by atoms with Crippen molar-refractivity contribution in [1.29, 1.82) is 0 Å². The average Bonchev–Trinajstić information content (AvgIpc) is 2.15. The highest BCUT2D eigenvalue weighted by atomic mass is 35.5. The monoisotopic (exact) mass is 240 g/mol. The Morgan fingerprint density at radius 3 is 2.73 bits per heavy atom. The highest BCUT2D eigenvalue weighted by Gasteiger charge is 2.33. The molecule has 8 heteroatoms. The maximum Gasteiger partial charge on any atom is 0.573 e. The number of hydrogen-bond acceptors (Lipinski definition) is 4. The Morgan fingerprint density at radius 2 is 2.20 bits per heavy atom. The fourth-order valence-electron chi connectivity index (χ4n) is 0.789.